The highest BCUT2D eigenvalue weighted by Crippen LogP contribution is 2.35. The molecule has 1 aliphatic rings. The molecule has 3 aromatic carbocycles. The van der Waals surface area contributed by atoms with Crippen molar-refractivity contribution in [2.45, 2.75) is 19.8 Å². The van der Waals surface area contributed by atoms with Gasteiger partial charge in [-0.25, -0.2) is 13.7 Å². The van der Waals surface area contributed by atoms with Crippen molar-refractivity contribution in [3.8, 4) is 0 Å². The first-order valence-corrected chi connectivity index (χ1v) is 10.4. The normalized spacial score (nSPS) is 13.7. The van der Waals surface area contributed by atoms with Gasteiger partial charge in [-0.05, 0) is 53.4 Å². The Bertz CT molecular complexity index is 1330. The van der Waals surface area contributed by atoms with Crippen molar-refractivity contribution in [1.29, 1.82) is 0 Å². The lowest BCUT2D eigenvalue weighted by Gasteiger charge is -2.16. The number of nitrogens with one attached hydrogen (secondary N) is 1. The van der Waals surface area contributed by atoms with E-state index in [0.717, 1.165) is 17.7 Å². The van der Waals surface area contributed by atoms with Crippen molar-refractivity contribution in [2.75, 3.05) is 10.2 Å². The van der Waals surface area contributed by atoms with Crippen LogP contribution in [0.5, 0.6) is 0 Å². The zero-order chi connectivity index (χ0) is 24.6. The molecule has 34 heavy (non-hydrogen) atoms. The Morgan fingerprint density at radius 1 is 0.912 bits per heavy atom. The number of rotatable bonds is 6. The first-order valence-electron chi connectivity index (χ1n) is 10.4. The number of nitrogens with zero attached hydrogens (tertiary/aromatic N) is 2. The van der Waals surface area contributed by atoms with E-state index in [2.05, 4.69) is 5.32 Å². The van der Waals surface area contributed by atoms with Gasteiger partial charge in [0.2, 0.25) is 0 Å². The summed E-state index contributed by atoms with van der Waals surface area (Å²) in [6, 6.07) is 14.9. The van der Waals surface area contributed by atoms with Crippen molar-refractivity contribution < 1.29 is 23.3 Å². The Morgan fingerprint density at radius 2 is 1.56 bits per heavy atom. The number of benzene rings is 3. The van der Waals surface area contributed by atoms with Gasteiger partial charge in [0.1, 0.15) is 17.3 Å². The van der Waals surface area contributed by atoms with Crippen LogP contribution < -0.4 is 10.2 Å². The van der Waals surface area contributed by atoms with Crippen LogP contribution in [-0.2, 0) is 9.59 Å². The van der Waals surface area contributed by atoms with Crippen molar-refractivity contribution >= 4 is 34.4 Å². The molecule has 1 N–H and O–H groups in total. The highest BCUT2D eigenvalue weighted by molar-refractivity contribution is 6.46. The van der Waals surface area contributed by atoms with Crippen LogP contribution in [0.2, 0.25) is 0 Å². The molecule has 0 aliphatic carbocycles. The fourth-order valence-corrected chi connectivity index (χ4v) is 3.64. The van der Waals surface area contributed by atoms with Crippen LogP contribution in [0.15, 0.2) is 72.4 Å². The number of nitro benzene ring substituents is 1. The van der Waals surface area contributed by atoms with Crippen LogP contribution in [-0.4, -0.2) is 16.7 Å². The molecule has 172 valence electrons. The molecule has 0 bridgehead atoms. The summed E-state index contributed by atoms with van der Waals surface area (Å²) in [5, 5.41) is 14.0. The third-order valence-electron chi connectivity index (χ3n) is 5.45. The van der Waals surface area contributed by atoms with E-state index >= 15 is 0 Å². The molecule has 0 atom stereocenters. The number of carbonyl (C=O) groups excluding carboxylic acids is 2. The standard InChI is InChI=1S/C25H19F2N3O4/c1-14(2)15-3-8-18(9-4-15)28-23-22(16-5-10-19(11-6-16)30(33)34)24(31)29(25(23)32)21-12-7-17(26)13-20(21)27/h3-14,28H,1-2H3. The summed E-state index contributed by atoms with van der Waals surface area (Å²) in [6.07, 6.45) is 0. The Labute approximate surface area is 193 Å². The number of carbonyl (C=O) groups is 2. The van der Waals surface area contributed by atoms with Gasteiger partial charge in [-0.15, -0.1) is 0 Å². The second-order valence-electron chi connectivity index (χ2n) is 8.00. The van der Waals surface area contributed by atoms with Gasteiger partial charge in [0.15, 0.2) is 0 Å². The molecule has 0 unspecified atom stereocenters. The summed E-state index contributed by atoms with van der Waals surface area (Å²) in [5.74, 6) is -3.32. The summed E-state index contributed by atoms with van der Waals surface area (Å²) >= 11 is 0. The number of hydrogen-bond donors (Lipinski definition) is 1. The zero-order valence-corrected chi connectivity index (χ0v) is 18.2. The number of hydrogen-bond acceptors (Lipinski definition) is 5. The molecule has 4 rings (SSSR count). The smallest absolute Gasteiger partial charge is 0.282 e. The number of anilines is 2. The molecular formula is C25H19F2N3O4. The molecule has 2 amide bonds. The van der Waals surface area contributed by atoms with E-state index in [1.165, 1.54) is 24.3 Å². The molecule has 0 spiro atoms. The fraction of sp³-hybridized carbons (Fsp3) is 0.120. The molecular weight excluding hydrogens is 444 g/mol. The van der Waals surface area contributed by atoms with E-state index in [0.29, 0.717) is 16.7 Å². The fourth-order valence-electron chi connectivity index (χ4n) is 3.64. The Balaban J connectivity index is 1.80. The minimum absolute atomic E-state index is 0.0865. The average Bonchev–Trinajstić information content (AvgIpc) is 3.04. The van der Waals surface area contributed by atoms with Crippen molar-refractivity contribution in [3.63, 3.8) is 0 Å². The molecule has 9 heteroatoms. The maximum absolute atomic E-state index is 14.5. The molecule has 1 aliphatic heterocycles. The van der Waals surface area contributed by atoms with E-state index in [-0.39, 0.29) is 28.4 Å². The Hall–Kier alpha value is -4.40. The number of non-ortho nitro benzene ring substituents is 1. The summed E-state index contributed by atoms with van der Waals surface area (Å²) in [5.41, 5.74) is 1.01. The number of nitro groups is 1. The lowest BCUT2D eigenvalue weighted by Crippen LogP contribution is -2.33. The molecule has 0 fully saturated rings. The maximum atomic E-state index is 14.5. The van der Waals surface area contributed by atoms with Gasteiger partial charge >= 0.3 is 0 Å². The minimum atomic E-state index is -1.08. The SMILES string of the molecule is CC(C)c1ccc(NC2=C(c3ccc([N+](=O)[O-])cc3)C(=O)N(c3ccc(F)cc3F)C2=O)cc1. The van der Waals surface area contributed by atoms with E-state index in [1.54, 1.807) is 12.1 Å². The largest absolute Gasteiger partial charge is 0.350 e. The first-order chi connectivity index (χ1) is 16.2. The van der Waals surface area contributed by atoms with Gasteiger partial charge in [0.05, 0.1) is 16.2 Å². The highest BCUT2D eigenvalue weighted by atomic mass is 19.1. The van der Waals surface area contributed by atoms with Gasteiger partial charge in [-0.3, -0.25) is 19.7 Å². The molecule has 0 saturated heterocycles. The zero-order valence-electron chi connectivity index (χ0n) is 18.2. The molecule has 7 nitrogen and oxygen atoms in total. The van der Waals surface area contributed by atoms with E-state index < -0.39 is 34.1 Å². The van der Waals surface area contributed by atoms with E-state index in [4.69, 9.17) is 0 Å². The van der Waals surface area contributed by atoms with Crippen LogP contribution in [0.4, 0.5) is 25.8 Å². The van der Waals surface area contributed by atoms with Crippen LogP contribution in [0.25, 0.3) is 5.57 Å². The molecule has 0 aromatic heterocycles. The van der Waals surface area contributed by atoms with Crippen LogP contribution in [0.1, 0.15) is 30.9 Å². The third-order valence-corrected chi connectivity index (χ3v) is 5.45. The second-order valence-corrected chi connectivity index (χ2v) is 8.00. The van der Waals surface area contributed by atoms with Gasteiger partial charge in [0, 0.05) is 23.9 Å². The predicted octanol–water partition coefficient (Wildman–Crippen LogP) is 5.39. The van der Waals surface area contributed by atoms with Crippen LogP contribution >= 0.6 is 0 Å². The topological polar surface area (TPSA) is 92.6 Å². The van der Waals surface area contributed by atoms with Crippen LogP contribution in [0, 0.1) is 21.7 Å². The predicted molar refractivity (Wildman–Crippen MR) is 123 cm³/mol. The monoisotopic (exact) mass is 463 g/mol. The molecule has 1 heterocycles. The lowest BCUT2D eigenvalue weighted by molar-refractivity contribution is -0.384. The second kappa shape index (κ2) is 8.86. The number of amides is 2. The van der Waals surface area contributed by atoms with Crippen molar-refractivity contribution in [3.05, 3.63) is 105 Å². The van der Waals surface area contributed by atoms with Gasteiger partial charge in [-0.2, -0.15) is 0 Å². The van der Waals surface area contributed by atoms with Gasteiger partial charge in [-0.1, -0.05) is 26.0 Å². The first kappa shape index (κ1) is 22.8. The molecule has 0 radical (unpaired) electrons. The van der Waals surface area contributed by atoms with Gasteiger partial charge in [0.25, 0.3) is 17.5 Å². The molecule has 0 saturated carbocycles. The van der Waals surface area contributed by atoms with Crippen LogP contribution in [0.3, 0.4) is 0 Å². The highest BCUT2D eigenvalue weighted by Gasteiger charge is 2.41. The Kier molecular flexibility index (Phi) is 5.93. The van der Waals surface area contributed by atoms with Crippen molar-refractivity contribution in [2.24, 2.45) is 0 Å². The number of imide groups is 1. The number of halogens is 2. The third kappa shape index (κ3) is 4.15. The quantitative estimate of drug-likeness (QED) is 0.301. The maximum Gasteiger partial charge on any atom is 0.282 e. The Morgan fingerprint density at radius 3 is 2.12 bits per heavy atom. The molecule has 3 aromatic rings. The van der Waals surface area contributed by atoms with Gasteiger partial charge < -0.3 is 5.32 Å². The van der Waals surface area contributed by atoms with E-state index in [1.807, 2.05) is 26.0 Å². The lowest BCUT2D eigenvalue weighted by atomic mass is 10.0. The minimum Gasteiger partial charge on any atom is -0.350 e. The average molecular weight is 463 g/mol. The summed E-state index contributed by atoms with van der Waals surface area (Å²) < 4.78 is 27.9. The van der Waals surface area contributed by atoms with Crippen molar-refractivity contribution in [1.82, 2.24) is 0 Å². The van der Waals surface area contributed by atoms with E-state index in [9.17, 15) is 28.5 Å². The summed E-state index contributed by atoms with van der Waals surface area (Å²) in [4.78, 5) is 37.7. The summed E-state index contributed by atoms with van der Waals surface area (Å²) in [6.45, 7) is 4.07. The summed E-state index contributed by atoms with van der Waals surface area (Å²) in [7, 11) is 0.